The van der Waals surface area contributed by atoms with E-state index in [1.165, 1.54) is 24.3 Å². The van der Waals surface area contributed by atoms with Gasteiger partial charge < -0.3 is 19.4 Å². The van der Waals surface area contributed by atoms with Crippen molar-refractivity contribution < 1.29 is 31.9 Å². The Kier molecular flexibility index (Phi) is 8.69. The van der Waals surface area contributed by atoms with Crippen LogP contribution in [0.4, 0.5) is 9.18 Å². The van der Waals surface area contributed by atoms with E-state index in [-0.39, 0.29) is 18.1 Å². The lowest BCUT2D eigenvalue weighted by Crippen LogP contribution is -2.35. The molecule has 1 amide bonds. The molecule has 8 nitrogen and oxygen atoms in total. The molecule has 208 valence electrons. The molecule has 10 heteroatoms. The molecular weight excluding hydrogens is 535 g/mol. The minimum atomic E-state index is -3.42. The summed E-state index contributed by atoms with van der Waals surface area (Å²) in [5, 5.41) is 2.61. The summed E-state index contributed by atoms with van der Waals surface area (Å²) >= 11 is 0. The molecule has 3 aromatic carbocycles. The van der Waals surface area contributed by atoms with Gasteiger partial charge in [0.1, 0.15) is 12.4 Å². The Balaban J connectivity index is 1.77. The van der Waals surface area contributed by atoms with Gasteiger partial charge in [-0.25, -0.2) is 22.4 Å². The molecule has 0 fully saturated rings. The second kappa shape index (κ2) is 12.2. The van der Waals surface area contributed by atoms with E-state index in [0.717, 1.165) is 11.8 Å². The molecule has 0 radical (unpaired) electrons. The van der Waals surface area contributed by atoms with Gasteiger partial charge in [0.25, 0.3) is 0 Å². The number of carbonyl (C=O) groups excluding carboxylic acids is 2. The number of amides is 1. The number of aromatic nitrogens is 1. The number of sulfone groups is 1. The molecule has 4 aromatic rings. The lowest BCUT2D eigenvalue weighted by Gasteiger charge is -2.18. The Morgan fingerprint density at radius 3 is 2.27 bits per heavy atom. The van der Waals surface area contributed by atoms with Crippen LogP contribution in [0.1, 0.15) is 29.8 Å². The van der Waals surface area contributed by atoms with Crippen molar-refractivity contribution in [1.29, 1.82) is 0 Å². The van der Waals surface area contributed by atoms with Crippen molar-refractivity contribution in [3.63, 3.8) is 0 Å². The summed E-state index contributed by atoms with van der Waals surface area (Å²) in [7, 11) is -3.42. The monoisotopic (exact) mass is 564 g/mol. The van der Waals surface area contributed by atoms with Crippen molar-refractivity contribution in [2.24, 2.45) is 0 Å². The summed E-state index contributed by atoms with van der Waals surface area (Å²) in [4.78, 5) is 26.0. The van der Waals surface area contributed by atoms with Gasteiger partial charge in [0, 0.05) is 23.2 Å². The fourth-order valence-electron chi connectivity index (χ4n) is 4.32. The fourth-order valence-corrected chi connectivity index (χ4v) is 4.95. The van der Waals surface area contributed by atoms with E-state index in [9.17, 15) is 22.4 Å². The second-order valence-electron chi connectivity index (χ2n) is 9.07. The van der Waals surface area contributed by atoms with Gasteiger partial charge in [0.05, 0.1) is 17.2 Å². The zero-order chi connectivity index (χ0) is 28.9. The third-order valence-electron chi connectivity index (χ3n) is 6.24. The van der Waals surface area contributed by atoms with Crippen LogP contribution in [0.25, 0.3) is 16.9 Å². The van der Waals surface area contributed by atoms with Crippen LogP contribution in [0, 0.1) is 12.7 Å². The van der Waals surface area contributed by atoms with Crippen molar-refractivity contribution in [1.82, 2.24) is 9.88 Å². The lowest BCUT2D eigenvalue weighted by atomic mass is 10.1. The van der Waals surface area contributed by atoms with Crippen LogP contribution in [0.2, 0.25) is 0 Å². The number of rotatable bonds is 9. The van der Waals surface area contributed by atoms with Gasteiger partial charge in [-0.3, -0.25) is 0 Å². The van der Waals surface area contributed by atoms with Gasteiger partial charge in [-0.2, -0.15) is 0 Å². The zero-order valence-corrected chi connectivity index (χ0v) is 23.1. The molecule has 4 rings (SSSR count). The number of nitrogens with zero attached hydrogens (tertiary/aromatic N) is 1. The van der Waals surface area contributed by atoms with Crippen LogP contribution in [-0.4, -0.2) is 37.9 Å². The first-order valence-corrected chi connectivity index (χ1v) is 14.4. The highest BCUT2D eigenvalue weighted by atomic mass is 32.2. The number of carbonyl (C=O) groups is 2. The standard InChI is InChI=1S/C30H29FN2O6S/c1-4-38-29(34)28(32-30(35)39-19-21-9-6-5-7-10-21)26-18-27(22-13-15-25(16-14-22)40(3,36)37)33(20(26)2)24-12-8-11-23(31)17-24/h5-18,28H,4,19H2,1-3H3,(H,32,35)/t28-/m1/s1. The molecule has 0 aliphatic heterocycles. The molecule has 1 heterocycles. The number of hydrogen-bond acceptors (Lipinski definition) is 6. The van der Waals surface area contributed by atoms with Crippen LogP contribution in [0.5, 0.6) is 0 Å². The van der Waals surface area contributed by atoms with Gasteiger partial charge >= 0.3 is 12.1 Å². The zero-order valence-electron chi connectivity index (χ0n) is 22.3. The first-order valence-electron chi connectivity index (χ1n) is 12.5. The first kappa shape index (κ1) is 28.6. The Morgan fingerprint density at radius 2 is 1.65 bits per heavy atom. The number of ether oxygens (including phenoxy) is 2. The van der Waals surface area contributed by atoms with E-state index < -0.39 is 33.8 Å². The minimum absolute atomic E-state index is 0.00341. The van der Waals surface area contributed by atoms with Crippen molar-refractivity contribution in [2.75, 3.05) is 12.9 Å². The highest BCUT2D eigenvalue weighted by Crippen LogP contribution is 2.34. The SMILES string of the molecule is CCOC(=O)[C@H](NC(=O)OCc1ccccc1)c1cc(-c2ccc(S(C)(=O)=O)cc2)n(-c2cccc(F)c2)c1C. The van der Waals surface area contributed by atoms with Gasteiger partial charge in [-0.1, -0.05) is 48.5 Å². The van der Waals surface area contributed by atoms with E-state index in [1.807, 2.05) is 18.2 Å². The van der Waals surface area contributed by atoms with E-state index in [1.54, 1.807) is 60.9 Å². The molecule has 1 aromatic heterocycles. The maximum atomic E-state index is 14.3. The number of nitrogens with one attached hydrogen (secondary N) is 1. The molecule has 0 saturated carbocycles. The highest BCUT2D eigenvalue weighted by molar-refractivity contribution is 7.90. The van der Waals surface area contributed by atoms with Gasteiger partial charge in [-0.05, 0) is 61.4 Å². The van der Waals surface area contributed by atoms with E-state index in [4.69, 9.17) is 9.47 Å². The maximum Gasteiger partial charge on any atom is 0.408 e. The summed E-state index contributed by atoms with van der Waals surface area (Å²) in [6, 6.07) is 21.7. The molecule has 0 saturated heterocycles. The molecule has 0 unspecified atom stereocenters. The second-order valence-corrected chi connectivity index (χ2v) is 11.1. The predicted molar refractivity (Wildman–Crippen MR) is 148 cm³/mol. The predicted octanol–water partition coefficient (Wildman–Crippen LogP) is 5.53. The van der Waals surface area contributed by atoms with E-state index in [0.29, 0.717) is 28.2 Å². The number of halogens is 1. The van der Waals surface area contributed by atoms with Crippen LogP contribution >= 0.6 is 0 Å². The lowest BCUT2D eigenvalue weighted by molar-refractivity contribution is -0.145. The van der Waals surface area contributed by atoms with Crippen LogP contribution in [0.3, 0.4) is 0 Å². The summed E-state index contributed by atoms with van der Waals surface area (Å²) in [5.41, 5.74) is 3.35. The molecule has 0 bridgehead atoms. The average Bonchev–Trinajstić information content (AvgIpc) is 3.27. The molecule has 1 atom stereocenters. The van der Waals surface area contributed by atoms with Crippen LogP contribution < -0.4 is 5.32 Å². The Labute approximate surface area is 232 Å². The smallest absolute Gasteiger partial charge is 0.408 e. The molecule has 0 spiro atoms. The van der Waals surface area contributed by atoms with Crippen molar-refractivity contribution in [2.45, 2.75) is 31.4 Å². The Bertz CT molecular complexity index is 1620. The van der Waals surface area contributed by atoms with Gasteiger partial charge in [0.2, 0.25) is 0 Å². The summed E-state index contributed by atoms with van der Waals surface area (Å²) < 4.78 is 50.6. The summed E-state index contributed by atoms with van der Waals surface area (Å²) in [6.45, 7) is 3.48. The first-order chi connectivity index (χ1) is 19.1. The van der Waals surface area contributed by atoms with E-state index >= 15 is 0 Å². The average molecular weight is 565 g/mol. The van der Waals surface area contributed by atoms with Crippen LogP contribution in [0.15, 0.2) is 89.8 Å². The molecule has 40 heavy (non-hydrogen) atoms. The quantitative estimate of drug-likeness (QED) is 0.268. The number of hydrogen-bond donors (Lipinski definition) is 1. The van der Waals surface area contributed by atoms with Gasteiger partial charge in [-0.15, -0.1) is 0 Å². The summed E-state index contributed by atoms with van der Waals surface area (Å²) in [6.07, 6.45) is 0.297. The van der Waals surface area contributed by atoms with Crippen molar-refractivity contribution in [3.8, 4) is 16.9 Å². The molecule has 0 aliphatic carbocycles. The van der Waals surface area contributed by atoms with Crippen molar-refractivity contribution in [3.05, 3.63) is 108 Å². The number of esters is 1. The Hall–Kier alpha value is -4.44. The number of benzene rings is 3. The number of alkyl carbamates (subject to hydrolysis) is 1. The topological polar surface area (TPSA) is 104 Å². The Morgan fingerprint density at radius 1 is 0.950 bits per heavy atom. The molecular formula is C30H29FN2O6S. The minimum Gasteiger partial charge on any atom is -0.464 e. The fraction of sp³-hybridized carbons (Fsp3) is 0.200. The van der Waals surface area contributed by atoms with E-state index in [2.05, 4.69) is 5.32 Å². The van der Waals surface area contributed by atoms with Crippen LogP contribution in [-0.2, 0) is 30.7 Å². The summed E-state index contributed by atoms with van der Waals surface area (Å²) in [5.74, 6) is -1.16. The van der Waals surface area contributed by atoms with Gasteiger partial charge in [0.15, 0.2) is 15.9 Å². The highest BCUT2D eigenvalue weighted by Gasteiger charge is 2.30. The third-order valence-corrected chi connectivity index (χ3v) is 7.37. The largest absolute Gasteiger partial charge is 0.464 e. The normalized spacial score (nSPS) is 12.0. The molecule has 0 aliphatic rings. The molecule has 1 N–H and O–H groups in total. The van der Waals surface area contributed by atoms with Crippen molar-refractivity contribution >= 4 is 21.9 Å². The maximum absolute atomic E-state index is 14.3. The third kappa shape index (κ3) is 6.58.